The zero-order valence-electron chi connectivity index (χ0n) is 12.0. The lowest BCUT2D eigenvalue weighted by molar-refractivity contribution is -0.384. The number of rotatable bonds is 7. The molecular weight excluding hydrogens is 424 g/mol. The minimum absolute atomic E-state index is 0.0300. The molecule has 1 aromatic carbocycles. The van der Waals surface area contributed by atoms with Crippen molar-refractivity contribution in [3.05, 3.63) is 34.1 Å². The largest absolute Gasteiger partial charge is 0.391 e. The Kier molecular flexibility index (Phi) is 6.83. The van der Waals surface area contributed by atoms with E-state index in [0.29, 0.717) is 0 Å². The first-order chi connectivity index (χ1) is 10.2. The van der Waals surface area contributed by atoms with E-state index in [0.717, 1.165) is 27.3 Å². The van der Waals surface area contributed by atoms with Crippen LogP contribution in [0.2, 0.25) is 0 Å². The monoisotopic (exact) mass is 439 g/mol. The molecule has 0 fully saturated rings. The normalized spacial score (nSPS) is 12.5. The molecule has 120 valence electrons. The van der Waals surface area contributed by atoms with Crippen LogP contribution in [0.4, 0.5) is 15.8 Å². The van der Waals surface area contributed by atoms with Gasteiger partial charge in [0.1, 0.15) is 5.82 Å². The van der Waals surface area contributed by atoms with Gasteiger partial charge >= 0.3 is 0 Å². The maximum atomic E-state index is 13.9. The topological polar surface area (TPSA) is 90.4 Å². The summed E-state index contributed by atoms with van der Waals surface area (Å²) in [6.45, 7) is 3.45. The zero-order valence-corrected chi connectivity index (χ0v) is 15.0. The van der Waals surface area contributed by atoms with Gasteiger partial charge in [0.2, 0.25) is 0 Å². The zero-order chi connectivity index (χ0) is 16.9. The van der Waals surface area contributed by atoms with Gasteiger partial charge in [0, 0.05) is 42.5 Å². The van der Waals surface area contributed by atoms with Crippen molar-refractivity contribution in [3.8, 4) is 6.07 Å². The molecule has 22 heavy (non-hydrogen) atoms. The summed E-state index contributed by atoms with van der Waals surface area (Å²) in [6.07, 6.45) is -0.649. The summed E-state index contributed by atoms with van der Waals surface area (Å²) in [6, 6.07) is 5.33. The second-order valence-corrected chi connectivity index (χ2v) is 7.14. The van der Waals surface area contributed by atoms with E-state index in [1.165, 1.54) is 4.31 Å². The number of hydrogen-bond donors (Lipinski definition) is 1. The summed E-state index contributed by atoms with van der Waals surface area (Å²) in [5, 5.41) is 29.9. The first-order valence-electron chi connectivity index (χ1n) is 6.29. The smallest absolute Gasteiger partial charge is 0.271 e. The molecule has 0 heterocycles. The van der Waals surface area contributed by atoms with E-state index >= 15 is 0 Å². The van der Waals surface area contributed by atoms with Gasteiger partial charge in [-0.3, -0.25) is 10.1 Å². The molecule has 1 N–H and O–H groups in total. The van der Waals surface area contributed by atoms with Gasteiger partial charge in [0.05, 0.1) is 34.7 Å². The van der Waals surface area contributed by atoms with Crippen molar-refractivity contribution in [2.24, 2.45) is 5.41 Å². The van der Waals surface area contributed by atoms with E-state index < -0.39 is 22.3 Å². The molecule has 0 aliphatic rings. The van der Waals surface area contributed by atoms with Crippen molar-refractivity contribution in [2.45, 2.75) is 26.4 Å². The maximum absolute atomic E-state index is 13.9. The summed E-state index contributed by atoms with van der Waals surface area (Å²) in [5.41, 5.74) is -0.900. The Labute approximate surface area is 144 Å². The molecule has 0 saturated heterocycles. The molecule has 6 nitrogen and oxygen atoms in total. The highest BCUT2D eigenvalue weighted by Crippen LogP contribution is 2.33. The SMILES string of the molecule is CC(C)(C#N)CC(O)CN(SI)c1cc([N+](=O)[O-])ccc1F. The van der Waals surface area contributed by atoms with Crippen molar-refractivity contribution in [2.75, 3.05) is 10.8 Å². The molecule has 0 saturated carbocycles. The van der Waals surface area contributed by atoms with Crippen LogP contribution in [0.15, 0.2) is 18.2 Å². The number of aliphatic hydroxyl groups is 1. The van der Waals surface area contributed by atoms with Gasteiger partial charge in [-0.15, -0.1) is 0 Å². The highest BCUT2D eigenvalue weighted by Gasteiger charge is 2.25. The van der Waals surface area contributed by atoms with Gasteiger partial charge < -0.3 is 9.41 Å². The van der Waals surface area contributed by atoms with Crippen LogP contribution in [0.1, 0.15) is 20.3 Å². The van der Waals surface area contributed by atoms with Crippen molar-refractivity contribution in [3.63, 3.8) is 0 Å². The van der Waals surface area contributed by atoms with E-state index in [9.17, 15) is 19.6 Å². The van der Waals surface area contributed by atoms with E-state index in [1.54, 1.807) is 13.8 Å². The molecule has 1 aromatic rings. The molecule has 1 unspecified atom stereocenters. The third kappa shape index (κ3) is 5.26. The Morgan fingerprint density at radius 2 is 2.27 bits per heavy atom. The fourth-order valence-corrected chi connectivity index (χ4v) is 3.42. The Hall–Kier alpha value is -1.12. The van der Waals surface area contributed by atoms with E-state index in [2.05, 4.69) is 6.07 Å². The maximum Gasteiger partial charge on any atom is 0.271 e. The van der Waals surface area contributed by atoms with Gasteiger partial charge in [-0.2, -0.15) is 5.26 Å². The minimum Gasteiger partial charge on any atom is -0.391 e. The van der Waals surface area contributed by atoms with Crippen LogP contribution in [-0.2, 0) is 0 Å². The summed E-state index contributed by atoms with van der Waals surface area (Å²) in [4.78, 5) is 10.2. The minimum atomic E-state index is -0.865. The van der Waals surface area contributed by atoms with E-state index in [4.69, 9.17) is 5.26 Å². The van der Waals surface area contributed by atoms with Crippen LogP contribution < -0.4 is 4.31 Å². The Bertz CT molecular complexity index is 594. The van der Waals surface area contributed by atoms with Crippen molar-refractivity contribution < 1.29 is 14.4 Å². The number of hydrogen-bond acceptors (Lipinski definition) is 6. The molecular formula is C13H15FIN3O3S. The first-order valence-corrected chi connectivity index (χ1v) is 9.61. The predicted molar refractivity (Wildman–Crippen MR) is 92.0 cm³/mol. The average molecular weight is 439 g/mol. The second-order valence-electron chi connectivity index (χ2n) is 5.38. The summed E-state index contributed by atoms with van der Waals surface area (Å²) in [7, 11) is 1.12. The van der Waals surface area contributed by atoms with Crippen LogP contribution in [-0.4, -0.2) is 22.7 Å². The molecule has 0 bridgehead atoms. The number of nitriles is 1. The molecule has 0 aromatic heterocycles. The number of halogens is 2. The van der Waals surface area contributed by atoms with E-state index in [1.807, 2.05) is 21.2 Å². The number of anilines is 1. The molecule has 0 amide bonds. The third-order valence-corrected chi connectivity index (χ3v) is 4.86. The molecule has 0 radical (unpaired) electrons. The standard InChI is InChI=1S/C13H15FIN3O3S/c1-13(2,8-16)6-10(19)7-17(22-15)12-5-9(18(20)21)3-4-11(12)14/h3-5,10,19H,6-7H2,1-2H3. The second kappa shape index (κ2) is 7.94. The molecule has 1 rings (SSSR count). The van der Waals surface area contributed by atoms with Crippen LogP contribution in [0.3, 0.4) is 0 Å². The molecule has 1 atom stereocenters. The Balaban J connectivity index is 2.95. The molecule has 0 spiro atoms. The van der Waals surface area contributed by atoms with Crippen LogP contribution in [0, 0.1) is 32.7 Å². The van der Waals surface area contributed by atoms with Gasteiger partial charge in [0.15, 0.2) is 0 Å². The van der Waals surface area contributed by atoms with Crippen LogP contribution in [0.25, 0.3) is 0 Å². The Morgan fingerprint density at radius 1 is 1.64 bits per heavy atom. The number of nitro groups is 1. The lowest BCUT2D eigenvalue weighted by Crippen LogP contribution is -2.30. The lowest BCUT2D eigenvalue weighted by Gasteiger charge is -2.26. The third-order valence-electron chi connectivity index (χ3n) is 2.92. The van der Waals surface area contributed by atoms with Crippen LogP contribution >= 0.6 is 30.3 Å². The van der Waals surface area contributed by atoms with Crippen molar-refractivity contribution >= 4 is 41.7 Å². The predicted octanol–water partition coefficient (Wildman–Crippen LogP) is 3.84. The number of nitro benzene ring substituents is 1. The fraction of sp³-hybridized carbons (Fsp3) is 0.462. The summed E-state index contributed by atoms with van der Waals surface area (Å²) in [5.74, 6) is -0.610. The Morgan fingerprint density at radius 3 is 2.77 bits per heavy atom. The highest BCUT2D eigenvalue weighted by molar-refractivity contribution is 14.2. The van der Waals surface area contributed by atoms with Crippen molar-refractivity contribution in [1.29, 1.82) is 5.26 Å². The summed E-state index contributed by atoms with van der Waals surface area (Å²) >= 11 is 1.91. The number of benzene rings is 1. The van der Waals surface area contributed by atoms with Crippen LogP contribution in [0.5, 0.6) is 0 Å². The van der Waals surface area contributed by atoms with Gasteiger partial charge in [-0.05, 0) is 26.3 Å². The first kappa shape index (κ1) is 18.9. The summed E-state index contributed by atoms with van der Waals surface area (Å²) < 4.78 is 15.3. The number of nitrogens with zero attached hydrogens (tertiary/aromatic N) is 3. The quantitative estimate of drug-likeness (QED) is 0.301. The van der Waals surface area contributed by atoms with Gasteiger partial charge in [-0.1, -0.05) is 0 Å². The lowest BCUT2D eigenvalue weighted by atomic mass is 9.88. The molecule has 0 aliphatic heterocycles. The number of non-ortho nitro benzene ring substituents is 1. The fourth-order valence-electron chi connectivity index (χ4n) is 1.86. The highest BCUT2D eigenvalue weighted by atomic mass is 127. The van der Waals surface area contributed by atoms with Crippen molar-refractivity contribution in [1.82, 2.24) is 0 Å². The van der Waals surface area contributed by atoms with Gasteiger partial charge in [-0.25, -0.2) is 4.39 Å². The molecule has 9 heteroatoms. The number of aliphatic hydroxyl groups excluding tert-OH is 1. The van der Waals surface area contributed by atoms with E-state index in [-0.39, 0.29) is 24.3 Å². The van der Waals surface area contributed by atoms with Gasteiger partial charge in [0.25, 0.3) is 5.69 Å². The molecule has 0 aliphatic carbocycles. The average Bonchev–Trinajstić information content (AvgIpc) is 2.44.